The van der Waals surface area contributed by atoms with E-state index in [1.54, 1.807) is 23.3 Å². The van der Waals surface area contributed by atoms with Gasteiger partial charge in [0.1, 0.15) is 0 Å². The van der Waals surface area contributed by atoms with Crippen molar-refractivity contribution in [1.82, 2.24) is 15.5 Å². The summed E-state index contributed by atoms with van der Waals surface area (Å²) >= 11 is 1.75. The highest BCUT2D eigenvalue weighted by molar-refractivity contribution is 7.09. The summed E-state index contributed by atoms with van der Waals surface area (Å²) in [5.41, 5.74) is 0. The van der Waals surface area contributed by atoms with Crippen LogP contribution in [0.15, 0.2) is 17.5 Å². The van der Waals surface area contributed by atoms with Crippen molar-refractivity contribution in [2.45, 2.75) is 32.2 Å². The van der Waals surface area contributed by atoms with E-state index in [1.165, 1.54) is 4.88 Å². The Hall–Kier alpha value is -1.56. The molecule has 116 valence electrons. The zero-order valence-electron chi connectivity index (χ0n) is 12.6. The highest BCUT2D eigenvalue weighted by atomic mass is 32.1. The number of likely N-dealkylation sites (N-methyl/N-ethyl adjacent to an activating group) is 1. The molecule has 1 aliphatic rings. The summed E-state index contributed by atoms with van der Waals surface area (Å²) in [7, 11) is 1.77. The van der Waals surface area contributed by atoms with E-state index in [9.17, 15) is 9.59 Å². The number of hydrogen-bond donors (Lipinski definition) is 2. The van der Waals surface area contributed by atoms with E-state index >= 15 is 0 Å². The van der Waals surface area contributed by atoms with Crippen LogP contribution in [0, 0.1) is 5.92 Å². The van der Waals surface area contributed by atoms with Gasteiger partial charge in [-0.25, -0.2) is 4.79 Å². The Morgan fingerprint density at radius 1 is 1.57 bits per heavy atom. The van der Waals surface area contributed by atoms with Crippen LogP contribution in [-0.4, -0.2) is 43.0 Å². The van der Waals surface area contributed by atoms with Crippen molar-refractivity contribution in [3.05, 3.63) is 22.4 Å². The summed E-state index contributed by atoms with van der Waals surface area (Å²) in [6.07, 6.45) is 2.22. The molecule has 2 atom stereocenters. The predicted octanol–water partition coefficient (Wildman–Crippen LogP) is 1.85. The van der Waals surface area contributed by atoms with Gasteiger partial charge >= 0.3 is 6.03 Å². The van der Waals surface area contributed by atoms with Gasteiger partial charge in [-0.05, 0) is 30.2 Å². The van der Waals surface area contributed by atoms with Crippen molar-refractivity contribution in [3.8, 4) is 0 Å². The Labute approximate surface area is 129 Å². The number of urea groups is 1. The lowest BCUT2D eigenvalue weighted by Crippen LogP contribution is -2.51. The average molecular weight is 309 g/mol. The minimum atomic E-state index is -0.138. The van der Waals surface area contributed by atoms with Gasteiger partial charge in [0.05, 0.1) is 0 Å². The topological polar surface area (TPSA) is 61.4 Å². The van der Waals surface area contributed by atoms with Crippen LogP contribution in [0.1, 0.15) is 24.6 Å². The maximum absolute atomic E-state index is 11.9. The fraction of sp³-hybridized carbons (Fsp3) is 0.600. The summed E-state index contributed by atoms with van der Waals surface area (Å²) in [5, 5.41) is 7.93. The predicted molar refractivity (Wildman–Crippen MR) is 84.4 cm³/mol. The first-order valence-corrected chi connectivity index (χ1v) is 8.23. The molecule has 1 aliphatic heterocycles. The van der Waals surface area contributed by atoms with Gasteiger partial charge in [-0.3, -0.25) is 4.79 Å². The second-order valence-corrected chi connectivity index (χ2v) is 6.79. The molecule has 0 spiro atoms. The Kier molecular flexibility index (Phi) is 5.61. The third-order valence-electron chi connectivity index (χ3n) is 3.70. The molecule has 2 rings (SSSR count). The van der Waals surface area contributed by atoms with Crippen LogP contribution in [0.4, 0.5) is 4.79 Å². The van der Waals surface area contributed by atoms with Crippen LogP contribution < -0.4 is 10.6 Å². The number of carbonyl (C=O) groups is 2. The number of nitrogens with one attached hydrogen (secondary N) is 2. The highest BCUT2D eigenvalue weighted by Gasteiger charge is 2.23. The third kappa shape index (κ3) is 5.04. The normalized spacial score (nSPS) is 20.2. The summed E-state index contributed by atoms with van der Waals surface area (Å²) in [6, 6.07) is 4.09. The molecule has 0 saturated carbocycles. The smallest absolute Gasteiger partial charge is 0.315 e. The van der Waals surface area contributed by atoms with E-state index in [0.717, 1.165) is 12.8 Å². The van der Waals surface area contributed by atoms with Crippen LogP contribution in [0.2, 0.25) is 0 Å². The number of piperidine rings is 1. The van der Waals surface area contributed by atoms with Gasteiger partial charge in [0.2, 0.25) is 5.91 Å². The van der Waals surface area contributed by atoms with E-state index < -0.39 is 0 Å². The average Bonchev–Trinajstić information content (AvgIpc) is 2.93. The van der Waals surface area contributed by atoms with E-state index in [0.29, 0.717) is 25.4 Å². The standard InChI is InChI=1S/C15H23N3O2S/c1-11(8-13-4-3-7-21-13)9-16-15(20)17-12-5-6-14(19)18(2)10-12/h3-4,7,11-12H,5-6,8-10H2,1-2H3,(H2,16,17,20). The van der Waals surface area contributed by atoms with Crippen LogP contribution >= 0.6 is 11.3 Å². The van der Waals surface area contributed by atoms with E-state index in [1.807, 2.05) is 6.07 Å². The summed E-state index contributed by atoms with van der Waals surface area (Å²) in [4.78, 5) is 26.3. The zero-order valence-corrected chi connectivity index (χ0v) is 13.4. The first kappa shape index (κ1) is 15.8. The molecule has 0 aliphatic carbocycles. The molecule has 1 aromatic heterocycles. The Morgan fingerprint density at radius 3 is 3.05 bits per heavy atom. The molecule has 3 amide bonds. The molecule has 0 bridgehead atoms. The SMILES string of the molecule is CC(CNC(=O)NC1CCC(=O)N(C)C1)Cc1cccs1. The van der Waals surface area contributed by atoms with Crippen LogP contribution in [0.3, 0.4) is 0 Å². The van der Waals surface area contributed by atoms with Crippen LogP contribution in [0.5, 0.6) is 0 Å². The third-order valence-corrected chi connectivity index (χ3v) is 4.60. The Bertz CT molecular complexity index is 475. The summed E-state index contributed by atoms with van der Waals surface area (Å²) < 4.78 is 0. The molecule has 6 heteroatoms. The van der Waals surface area contributed by atoms with Gasteiger partial charge in [-0.15, -0.1) is 11.3 Å². The van der Waals surface area contributed by atoms with Gasteiger partial charge in [-0.2, -0.15) is 0 Å². The number of amides is 3. The van der Waals surface area contributed by atoms with Crippen LogP contribution in [-0.2, 0) is 11.2 Å². The van der Waals surface area contributed by atoms with Crippen molar-refractivity contribution in [2.24, 2.45) is 5.92 Å². The first-order valence-electron chi connectivity index (χ1n) is 7.35. The maximum Gasteiger partial charge on any atom is 0.315 e. The van der Waals surface area contributed by atoms with Gasteiger partial charge in [0, 0.05) is 37.5 Å². The number of carbonyl (C=O) groups excluding carboxylic acids is 2. The lowest BCUT2D eigenvalue weighted by molar-refractivity contribution is -0.132. The van der Waals surface area contributed by atoms with Crippen molar-refractivity contribution < 1.29 is 9.59 Å². The van der Waals surface area contributed by atoms with E-state index in [4.69, 9.17) is 0 Å². The van der Waals surface area contributed by atoms with Gasteiger partial charge in [0.25, 0.3) is 0 Å². The number of likely N-dealkylation sites (tertiary alicyclic amines) is 1. The van der Waals surface area contributed by atoms with Gasteiger partial charge in [0.15, 0.2) is 0 Å². The summed E-state index contributed by atoms with van der Waals surface area (Å²) in [6.45, 7) is 3.38. The van der Waals surface area contributed by atoms with Crippen molar-refractivity contribution >= 4 is 23.3 Å². The molecule has 1 saturated heterocycles. The molecule has 2 N–H and O–H groups in total. The second-order valence-electron chi connectivity index (χ2n) is 5.75. The van der Waals surface area contributed by atoms with Crippen LogP contribution in [0.25, 0.3) is 0 Å². The molecule has 2 unspecified atom stereocenters. The Balaban J connectivity index is 1.66. The number of rotatable bonds is 5. The monoisotopic (exact) mass is 309 g/mol. The fourth-order valence-corrected chi connectivity index (χ4v) is 3.35. The molecule has 1 aromatic rings. The zero-order chi connectivity index (χ0) is 15.2. The fourth-order valence-electron chi connectivity index (χ4n) is 2.48. The maximum atomic E-state index is 11.9. The second kappa shape index (κ2) is 7.45. The van der Waals surface area contributed by atoms with E-state index in [2.05, 4.69) is 29.0 Å². The molecule has 2 heterocycles. The number of thiophene rings is 1. The number of hydrogen-bond acceptors (Lipinski definition) is 3. The molecule has 0 radical (unpaired) electrons. The lowest BCUT2D eigenvalue weighted by Gasteiger charge is -2.30. The lowest BCUT2D eigenvalue weighted by atomic mass is 10.1. The minimum Gasteiger partial charge on any atom is -0.344 e. The van der Waals surface area contributed by atoms with Crippen molar-refractivity contribution in [3.63, 3.8) is 0 Å². The highest BCUT2D eigenvalue weighted by Crippen LogP contribution is 2.14. The largest absolute Gasteiger partial charge is 0.344 e. The summed E-state index contributed by atoms with van der Waals surface area (Å²) in [5.74, 6) is 0.558. The van der Waals surface area contributed by atoms with Crippen molar-refractivity contribution in [1.29, 1.82) is 0 Å². The molecule has 21 heavy (non-hydrogen) atoms. The first-order chi connectivity index (χ1) is 10.0. The molecular formula is C15H23N3O2S. The van der Waals surface area contributed by atoms with Gasteiger partial charge < -0.3 is 15.5 Å². The number of nitrogens with zero attached hydrogens (tertiary/aromatic N) is 1. The molecular weight excluding hydrogens is 286 g/mol. The Morgan fingerprint density at radius 2 is 2.38 bits per heavy atom. The molecule has 1 fully saturated rings. The van der Waals surface area contributed by atoms with E-state index in [-0.39, 0.29) is 18.0 Å². The minimum absolute atomic E-state index is 0.0558. The van der Waals surface area contributed by atoms with Gasteiger partial charge in [-0.1, -0.05) is 13.0 Å². The quantitative estimate of drug-likeness (QED) is 0.872. The molecule has 0 aromatic carbocycles. The molecule has 5 nitrogen and oxygen atoms in total. The van der Waals surface area contributed by atoms with Crippen molar-refractivity contribution in [2.75, 3.05) is 20.1 Å².